The van der Waals surface area contributed by atoms with Crippen molar-refractivity contribution in [2.45, 2.75) is 77.7 Å². The highest BCUT2D eigenvalue weighted by Gasteiger charge is 2.62. The zero-order valence-corrected chi connectivity index (χ0v) is 17.3. The van der Waals surface area contributed by atoms with Gasteiger partial charge in [0.2, 0.25) is 0 Å². The lowest BCUT2D eigenvalue weighted by Gasteiger charge is -2.58. The van der Waals surface area contributed by atoms with Crippen LogP contribution in [0.5, 0.6) is 0 Å². The van der Waals surface area contributed by atoms with Gasteiger partial charge in [-0.15, -0.1) is 0 Å². The number of hydrogen-bond acceptors (Lipinski definition) is 5. The molecule has 5 fully saturated rings. The minimum Gasteiger partial charge on any atom is -0.391 e. The molecule has 1 saturated heterocycles. The Balaban J connectivity index is 1.35. The van der Waals surface area contributed by atoms with Crippen molar-refractivity contribution < 1.29 is 14.4 Å². The summed E-state index contributed by atoms with van der Waals surface area (Å²) in [6.07, 6.45) is 8.50. The van der Waals surface area contributed by atoms with Crippen molar-refractivity contribution in [1.82, 2.24) is 5.32 Å². The molecule has 0 spiro atoms. The molecule has 154 valence electrons. The van der Waals surface area contributed by atoms with Crippen molar-refractivity contribution in [2.24, 2.45) is 39.7 Å². The minimum atomic E-state index is -0.158. The van der Waals surface area contributed by atoms with Gasteiger partial charge in [0.25, 0.3) is 0 Å². The third-order valence-corrected chi connectivity index (χ3v) is 9.35. The number of ketones is 2. The average molecular weight is 387 g/mol. The summed E-state index contributed by atoms with van der Waals surface area (Å²) in [7, 11) is 0. The number of fused-ring (bicyclic) bond motifs is 5. The van der Waals surface area contributed by atoms with Crippen molar-refractivity contribution in [2.75, 3.05) is 13.1 Å². The average Bonchev–Trinajstić information content (AvgIpc) is 3.29. The number of carbonyl (C=O) groups is 2. The molecule has 1 heterocycles. The molecule has 0 aromatic rings. The van der Waals surface area contributed by atoms with Gasteiger partial charge in [-0.05, 0) is 68.2 Å². The van der Waals surface area contributed by atoms with E-state index in [1.54, 1.807) is 0 Å². The SMILES string of the molecule is C[C@]12CC/C(=N\O[C@@H]3CCNC3)CC1C(=O)C[C@@H]1[C@H]2CC[C@]2(C)C(=O)CC[C@@H]12. The Bertz CT molecular complexity index is 713. The maximum Gasteiger partial charge on any atom is 0.141 e. The fourth-order valence-corrected chi connectivity index (χ4v) is 7.57. The third kappa shape index (κ3) is 2.72. The lowest BCUT2D eigenvalue weighted by molar-refractivity contribution is -0.152. The molecule has 0 bridgehead atoms. The number of nitrogens with zero attached hydrogens (tertiary/aromatic N) is 1. The van der Waals surface area contributed by atoms with E-state index in [2.05, 4.69) is 24.3 Å². The van der Waals surface area contributed by atoms with E-state index in [-0.39, 0.29) is 22.9 Å². The van der Waals surface area contributed by atoms with Crippen LogP contribution in [0.2, 0.25) is 0 Å². The minimum absolute atomic E-state index is 0.0703. The van der Waals surface area contributed by atoms with Crippen LogP contribution in [0.1, 0.15) is 71.6 Å². The van der Waals surface area contributed by atoms with Gasteiger partial charge in [-0.2, -0.15) is 0 Å². The van der Waals surface area contributed by atoms with Crippen LogP contribution in [0.15, 0.2) is 5.16 Å². The van der Waals surface area contributed by atoms with Crippen molar-refractivity contribution in [3.05, 3.63) is 0 Å². The lowest BCUT2D eigenvalue weighted by Crippen LogP contribution is -2.56. The number of nitrogens with one attached hydrogen (secondary N) is 1. The maximum atomic E-state index is 13.3. The van der Waals surface area contributed by atoms with Crippen LogP contribution in [0, 0.1) is 34.5 Å². The summed E-state index contributed by atoms with van der Waals surface area (Å²) >= 11 is 0. The van der Waals surface area contributed by atoms with Crippen LogP contribution in [0.4, 0.5) is 0 Å². The van der Waals surface area contributed by atoms with Gasteiger partial charge < -0.3 is 10.2 Å². The molecule has 1 aliphatic heterocycles. The first-order chi connectivity index (χ1) is 13.4. The summed E-state index contributed by atoms with van der Waals surface area (Å²) < 4.78 is 0. The van der Waals surface area contributed by atoms with Gasteiger partial charge in [0, 0.05) is 37.1 Å². The van der Waals surface area contributed by atoms with E-state index in [1.165, 1.54) is 0 Å². The van der Waals surface area contributed by atoms with E-state index in [4.69, 9.17) is 4.84 Å². The zero-order chi connectivity index (χ0) is 19.5. The first-order valence-corrected chi connectivity index (χ1v) is 11.4. The van der Waals surface area contributed by atoms with Gasteiger partial charge >= 0.3 is 0 Å². The van der Waals surface area contributed by atoms with Gasteiger partial charge in [-0.3, -0.25) is 9.59 Å². The van der Waals surface area contributed by atoms with E-state index in [1.807, 2.05) is 0 Å². The van der Waals surface area contributed by atoms with E-state index in [0.29, 0.717) is 35.7 Å². The number of oxime groups is 1. The first kappa shape index (κ1) is 18.8. The Kier molecular flexibility index (Phi) is 4.46. The fourth-order valence-electron chi connectivity index (χ4n) is 7.57. The smallest absolute Gasteiger partial charge is 0.141 e. The van der Waals surface area contributed by atoms with Gasteiger partial charge in [-0.1, -0.05) is 19.0 Å². The van der Waals surface area contributed by atoms with Crippen LogP contribution >= 0.6 is 0 Å². The molecule has 5 rings (SSSR count). The Labute approximate surface area is 168 Å². The van der Waals surface area contributed by atoms with Crippen molar-refractivity contribution in [3.63, 3.8) is 0 Å². The Hall–Kier alpha value is -1.23. The molecule has 4 aliphatic carbocycles. The van der Waals surface area contributed by atoms with Gasteiger partial charge in [0.1, 0.15) is 17.7 Å². The van der Waals surface area contributed by atoms with E-state index >= 15 is 0 Å². The highest BCUT2D eigenvalue weighted by Crippen LogP contribution is 2.64. The molecule has 0 amide bonds. The van der Waals surface area contributed by atoms with Crippen LogP contribution in [-0.4, -0.2) is 36.5 Å². The van der Waals surface area contributed by atoms with Crippen molar-refractivity contribution >= 4 is 17.3 Å². The molecule has 1 N–H and O–H groups in total. The standard InChI is InChI=1S/C23H34N2O3/c1-22-8-5-14(25-28-15-7-10-24-13-15)11-19(22)20(26)12-16-17-3-4-21(27)23(17,2)9-6-18(16)22/h15-19,24H,3-13H2,1-2H3/b25-14+/t15-,16+,17+,18-,19?,22-,23+/m1/s1. The maximum absolute atomic E-state index is 13.3. The molecular weight excluding hydrogens is 352 g/mol. The second-order valence-corrected chi connectivity index (χ2v) is 10.6. The third-order valence-electron chi connectivity index (χ3n) is 9.35. The van der Waals surface area contributed by atoms with Gasteiger partial charge in [0.15, 0.2) is 0 Å². The molecule has 1 unspecified atom stereocenters. The molecule has 0 aromatic carbocycles. The lowest BCUT2D eigenvalue weighted by atomic mass is 9.45. The molecule has 0 radical (unpaired) electrons. The van der Waals surface area contributed by atoms with Crippen molar-refractivity contribution in [3.8, 4) is 0 Å². The summed E-state index contributed by atoms with van der Waals surface area (Å²) in [5.74, 6) is 2.38. The summed E-state index contributed by atoms with van der Waals surface area (Å²) in [6, 6.07) is 0. The number of Topliss-reactive ketones (excluding diaryl/α,β-unsaturated/α-hetero) is 2. The molecule has 5 aliphatic rings. The number of rotatable bonds is 2. The van der Waals surface area contributed by atoms with Gasteiger partial charge in [-0.25, -0.2) is 0 Å². The van der Waals surface area contributed by atoms with E-state index < -0.39 is 0 Å². The van der Waals surface area contributed by atoms with Crippen LogP contribution in [-0.2, 0) is 14.4 Å². The highest BCUT2D eigenvalue weighted by molar-refractivity contribution is 5.93. The highest BCUT2D eigenvalue weighted by atomic mass is 16.6. The number of hydrogen-bond donors (Lipinski definition) is 1. The molecule has 4 saturated carbocycles. The summed E-state index contributed by atoms with van der Waals surface area (Å²) in [5.41, 5.74) is 0.994. The Morgan fingerprint density at radius 2 is 1.89 bits per heavy atom. The molecule has 0 aromatic heterocycles. The van der Waals surface area contributed by atoms with Gasteiger partial charge in [0.05, 0.1) is 5.71 Å². The molecule has 28 heavy (non-hydrogen) atoms. The second kappa shape index (κ2) is 6.65. The second-order valence-electron chi connectivity index (χ2n) is 10.6. The predicted octanol–water partition coefficient (Wildman–Crippen LogP) is 3.51. The quantitative estimate of drug-likeness (QED) is 0.738. The number of carbonyl (C=O) groups excluding carboxylic acids is 2. The fraction of sp³-hybridized carbons (Fsp3) is 0.870. The monoisotopic (exact) mass is 386 g/mol. The van der Waals surface area contributed by atoms with E-state index in [0.717, 1.165) is 70.2 Å². The zero-order valence-electron chi connectivity index (χ0n) is 17.3. The van der Waals surface area contributed by atoms with E-state index in [9.17, 15) is 9.59 Å². The van der Waals surface area contributed by atoms with Crippen LogP contribution in [0.25, 0.3) is 0 Å². The van der Waals surface area contributed by atoms with Crippen LogP contribution < -0.4 is 5.32 Å². The topological polar surface area (TPSA) is 67.8 Å². The first-order valence-electron chi connectivity index (χ1n) is 11.4. The molecule has 5 heteroatoms. The molecule has 5 nitrogen and oxygen atoms in total. The Morgan fingerprint density at radius 3 is 2.68 bits per heavy atom. The normalized spacial score (nSPS) is 49.6. The predicted molar refractivity (Wildman–Crippen MR) is 107 cm³/mol. The van der Waals surface area contributed by atoms with Crippen LogP contribution in [0.3, 0.4) is 0 Å². The Morgan fingerprint density at radius 1 is 1.04 bits per heavy atom. The molecule has 7 atom stereocenters. The summed E-state index contributed by atoms with van der Waals surface area (Å²) in [6.45, 7) is 6.42. The van der Waals surface area contributed by atoms with Crippen molar-refractivity contribution in [1.29, 1.82) is 0 Å². The summed E-state index contributed by atoms with van der Waals surface area (Å²) in [5, 5.41) is 7.78. The largest absolute Gasteiger partial charge is 0.391 e. The summed E-state index contributed by atoms with van der Waals surface area (Å²) in [4.78, 5) is 31.6. The molecular formula is C23H34N2O3.